The second kappa shape index (κ2) is 10.5. The van der Waals surface area contributed by atoms with E-state index in [1.807, 2.05) is 0 Å². The van der Waals surface area contributed by atoms with Crippen LogP contribution in [0.5, 0.6) is 5.75 Å². The number of rotatable bonds is 9. The van der Waals surface area contributed by atoms with Crippen LogP contribution >= 0.6 is 0 Å². The van der Waals surface area contributed by atoms with Gasteiger partial charge in [-0.05, 0) is 61.2 Å². The van der Waals surface area contributed by atoms with Crippen molar-refractivity contribution in [2.75, 3.05) is 17.1 Å². The molecule has 1 aliphatic carbocycles. The summed E-state index contributed by atoms with van der Waals surface area (Å²) in [7, 11) is -2.21. The molecule has 7 heteroatoms. The minimum atomic E-state index is -3.76. The SMILES string of the molecule is COc1ccc(NS(=O)(=O)c2cccc(NC(=O)CCCC3CCCCC3)c2)cc1. The summed E-state index contributed by atoms with van der Waals surface area (Å²) in [5.74, 6) is 1.32. The Hall–Kier alpha value is -2.54. The van der Waals surface area contributed by atoms with Gasteiger partial charge in [-0.15, -0.1) is 0 Å². The molecule has 0 radical (unpaired) electrons. The van der Waals surface area contributed by atoms with Crippen molar-refractivity contribution in [2.45, 2.75) is 56.3 Å². The van der Waals surface area contributed by atoms with Crippen molar-refractivity contribution >= 4 is 27.3 Å². The number of hydrogen-bond acceptors (Lipinski definition) is 4. The first-order valence-electron chi connectivity index (χ1n) is 10.5. The molecule has 0 aromatic heterocycles. The Labute approximate surface area is 179 Å². The van der Waals surface area contributed by atoms with Crippen LogP contribution in [0.3, 0.4) is 0 Å². The highest BCUT2D eigenvalue weighted by Crippen LogP contribution is 2.28. The summed E-state index contributed by atoms with van der Waals surface area (Å²) in [5.41, 5.74) is 0.920. The third-order valence-corrected chi connectivity index (χ3v) is 6.89. The van der Waals surface area contributed by atoms with Gasteiger partial charge in [0.05, 0.1) is 12.0 Å². The Kier molecular flexibility index (Phi) is 7.74. The van der Waals surface area contributed by atoms with E-state index in [-0.39, 0.29) is 10.8 Å². The van der Waals surface area contributed by atoms with Crippen LogP contribution in [0.2, 0.25) is 0 Å². The molecule has 1 saturated carbocycles. The average Bonchev–Trinajstić information content (AvgIpc) is 2.75. The molecule has 3 rings (SSSR count). The predicted molar refractivity (Wildman–Crippen MR) is 119 cm³/mol. The predicted octanol–water partition coefficient (Wildman–Crippen LogP) is 5.19. The van der Waals surface area contributed by atoms with Crippen molar-refractivity contribution < 1.29 is 17.9 Å². The van der Waals surface area contributed by atoms with Crippen LogP contribution in [0.1, 0.15) is 51.4 Å². The van der Waals surface area contributed by atoms with Crippen LogP contribution in [0.15, 0.2) is 53.4 Å². The summed E-state index contributed by atoms with van der Waals surface area (Å²) in [6, 6.07) is 12.9. The smallest absolute Gasteiger partial charge is 0.261 e. The van der Waals surface area contributed by atoms with Gasteiger partial charge in [0.1, 0.15) is 5.75 Å². The van der Waals surface area contributed by atoms with E-state index in [0.717, 1.165) is 18.8 Å². The fourth-order valence-corrected chi connectivity index (χ4v) is 4.97. The first-order valence-corrected chi connectivity index (χ1v) is 12.0. The Morgan fingerprint density at radius 1 is 1.03 bits per heavy atom. The molecule has 0 heterocycles. The molecule has 0 aliphatic heterocycles. The molecule has 162 valence electrons. The molecule has 0 atom stereocenters. The number of hydrogen-bond donors (Lipinski definition) is 2. The monoisotopic (exact) mass is 430 g/mol. The van der Waals surface area contributed by atoms with E-state index >= 15 is 0 Å². The zero-order chi connectivity index (χ0) is 21.4. The number of carbonyl (C=O) groups is 1. The molecule has 1 aliphatic rings. The first kappa shape index (κ1) is 22.2. The van der Waals surface area contributed by atoms with E-state index in [4.69, 9.17) is 4.74 Å². The summed E-state index contributed by atoms with van der Waals surface area (Å²) in [5, 5.41) is 2.82. The van der Waals surface area contributed by atoms with Gasteiger partial charge >= 0.3 is 0 Å². The van der Waals surface area contributed by atoms with E-state index in [2.05, 4.69) is 10.0 Å². The molecule has 2 aromatic rings. The maximum atomic E-state index is 12.7. The number of benzene rings is 2. The van der Waals surface area contributed by atoms with Gasteiger partial charge in [0.2, 0.25) is 5.91 Å². The standard InChI is InChI=1S/C23H30N2O4S/c1-29-21-15-13-19(14-16-21)25-30(27,28)22-11-6-10-20(17-22)24-23(26)12-5-9-18-7-3-2-4-8-18/h6,10-11,13-18,25H,2-5,7-9,12H2,1H3,(H,24,26). The van der Waals surface area contributed by atoms with Gasteiger partial charge in [0, 0.05) is 17.8 Å². The van der Waals surface area contributed by atoms with E-state index in [0.29, 0.717) is 23.5 Å². The quantitative estimate of drug-likeness (QED) is 0.574. The van der Waals surface area contributed by atoms with Crippen molar-refractivity contribution in [3.63, 3.8) is 0 Å². The van der Waals surface area contributed by atoms with Crippen molar-refractivity contribution in [3.05, 3.63) is 48.5 Å². The minimum absolute atomic E-state index is 0.0801. The molecule has 2 aromatic carbocycles. The Morgan fingerprint density at radius 2 is 1.77 bits per heavy atom. The molecule has 30 heavy (non-hydrogen) atoms. The number of ether oxygens (including phenoxy) is 1. The van der Waals surface area contributed by atoms with Crippen molar-refractivity contribution in [1.29, 1.82) is 0 Å². The molecular weight excluding hydrogens is 400 g/mol. The van der Waals surface area contributed by atoms with Crippen LogP contribution < -0.4 is 14.8 Å². The van der Waals surface area contributed by atoms with Crippen molar-refractivity contribution in [1.82, 2.24) is 0 Å². The fourth-order valence-electron chi connectivity index (χ4n) is 3.86. The number of anilines is 2. The molecule has 0 saturated heterocycles. The topological polar surface area (TPSA) is 84.5 Å². The largest absolute Gasteiger partial charge is 0.497 e. The molecular formula is C23H30N2O4S. The van der Waals surface area contributed by atoms with Gasteiger partial charge in [-0.1, -0.05) is 38.2 Å². The van der Waals surface area contributed by atoms with Gasteiger partial charge in [0.25, 0.3) is 10.0 Å². The van der Waals surface area contributed by atoms with E-state index < -0.39 is 10.0 Å². The lowest BCUT2D eigenvalue weighted by Gasteiger charge is -2.21. The summed E-state index contributed by atoms with van der Waals surface area (Å²) in [6.45, 7) is 0. The fraction of sp³-hybridized carbons (Fsp3) is 0.435. The third kappa shape index (κ3) is 6.49. The second-order valence-electron chi connectivity index (χ2n) is 7.81. The summed E-state index contributed by atoms with van der Waals surface area (Å²) in [6.07, 6.45) is 8.93. The molecule has 0 spiro atoms. The maximum Gasteiger partial charge on any atom is 0.261 e. The van der Waals surface area contributed by atoms with E-state index in [1.54, 1.807) is 43.5 Å². The Morgan fingerprint density at radius 3 is 2.47 bits per heavy atom. The zero-order valence-corrected chi connectivity index (χ0v) is 18.2. The highest BCUT2D eigenvalue weighted by molar-refractivity contribution is 7.92. The van der Waals surface area contributed by atoms with E-state index in [9.17, 15) is 13.2 Å². The second-order valence-corrected chi connectivity index (χ2v) is 9.49. The van der Waals surface area contributed by atoms with Crippen LogP contribution in [0.25, 0.3) is 0 Å². The molecule has 2 N–H and O–H groups in total. The summed E-state index contributed by atoms with van der Waals surface area (Å²) in [4.78, 5) is 12.4. The first-order chi connectivity index (χ1) is 14.5. The van der Waals surface area contributed by atoms with Crippen LogP contribution in [0.4, 0.5) is 11.4 Å². The molecule has 0 unspecified atom stereocenters. The van der Waals surface area contributed by atoms with Gasteiger partial charge in [0.15, 0.2) is 0 Å². The minimum Gasteiger partial charge on any atom is -0.497 e. The van der Waals surface area contributed by atoms with Gasteiger partial charge in [-0.25, -0.2) is 8.42 Å². The summed E-state index contributed by atoms with van der Waals surface area (Å²) < 4.78 is 33.0. The summed E-state index contributed by atoms with van der Waals surface area (Å²) >= 11 is 0. The normalized spacial score (nSPS) is 14.8. The lowest BCUT2D eigenvalue weighted by Crippen LogP contribution is -2.15. The highest BCUT2D eigenvalue weighted by atomic mass is 32.2. The van der Waals surface area contributed by atoms with Crippen LogP contribution in [0, 0.1) is 5.92 Å². The lowest BCUT2D eigenvalue weighted by molar-refractivity contribution is -0.116. The van der Waals surface area contributed by atoms with Crippen molar-refractivity contribution in [2.24, 2.45) is 5.92 Å². The Balaban J connectivity index is 1.55. The number of carbonyl (C=O) groups excluding carboxylic acids is 1. The Bertz CT molecular complexity index is 936. The highest BCUT2D eigenvalue weighted by Gasteiger charge is 2.16. The van der Waals surface area contributed by atoms with Crippen LogP contribution in [-0.4, -0.2) is 21.4 Å². The van der Waals surface area contributed by atoms with Crippen LogP contribution in [-0.2, 0) is 14.8 Å². The lowest BCUT2D eigenvalue weighted by atomic mass is 9.86. The van der Waals surface area contributed by atoms with Gasteiger partial charge in [-0.3, -0.25) is 9.52 Å². The van der Waals surface area contributed by atoms with E-state index in [1.165, 1.54) is 44.2 Å². The molecule has 6 nitrogen and oxygen atoms in total. The number of methoxy groups -OCH3 is 1. The molecule has 0 bridgehead atoms. The molecule has 1 fully saturated rings. The van der Waals surface area contributed by atoms with Gasteiger partial charge < -0.3 is 10.1 Å². The third-order valence-electron chi connectivity index (χ3n) is 5.51. The number of amides is 1. The average molecular weight is 431 g/mol. The maximum absolute atomic E-state index is 12.7. The van der Waals surface area contributed by atoms with Gasteiger partial charge in [-0.2, -0.15) is 0 Å². The number of nitrogens with one attached hydrogen (secondary N) is 2. The molecule has 1 amide bonds. The zero-order valence-electron chi connectivity index (χ0n) is 17.4. The number of sulfonamides is 1. The van der Waals surface area contributed by atoms with Crippen molar-refractivity contribution in [3.8, 4) is 5.75 Å².